The number of halogens is 1. The number of carboxylic acids is 1. The average Bonchev–Trinajstić information content (AvgIpc) is 2.59. The highest BCUT2D eigenvalue weighted by atomic mass is 19.1. The van der Waals surface area contributed by atoms with Gasteiger partial charge in [-0.3, -0.25) is 9.59 Å². The van der Waals surface area contributed by atoms with E-state index >= 15 is 0 Å². The molecule has 142 valence electrons. The van der Waals surface area contributed by atoms with Gasteiger partial charge in [-0.1, -0.05) is 31.4 Å². The van der Waals surface area contributed by atoms with Crippen LogP contribution in [0.2, 0.25) is 0 Å². The number of carbonyl (C=O) groups excluding carboxylic acids is 2. The number of carbonyl (C=O) groups is 3. The van der Waals surface area contributed by atoms with Crippen molar-refractivity contribution in [3.05, 3.63) is 35.6 Å². The van der Waals surface area contributed by atoms with E-state index in [9.17, 15) is 23.9 Å². The maximum absolute atomic E-state index is 13.4. The van der Waals surface area contributed by atoms with Gasteiger partial charge in [-0.05, 0) is 36.5 Å². The van der Waals surface area contributed by atoms with Crippen LogP contribution in [-0.2, 0) is 20.8 Å². The van der Waals surface area contributed by atoms with E-state index in [1.807, 2.05) is 0 Å². The molecule has 1 aliphatic carbocycles. The van der Waals surface area contributed by atoms with Crippen molar-refractivity contribution in [1.82, 2.24) is 10.6 Å². The molecule has 0 heterocycles. The number of benzene rings is 1. The zero-order chi connectivity index (χ0) is 19.1. The van der Waals surface area contributed by atoms with Gasteiger partial charge in [0.2, 0.25) is 11.8 Å². The second kappa shape index (κ2) is 9.31. The molecule has 1 saturated carbocycles. The van der Waals surface area contributed by atoms with Crippen LogP contribution in [0, 0.1) is 11.7 Å². The Hall–Kier alpha value is -2.44. The SMILES string of the molecule is CC(=O)N[C@@H](Cc1cccc(F)c1)C(=O)N[C@H](C(=O)O)C1CCCCC1. The van der Waals surface area contributed by atoms with Crippen molar-refractivity contribution >= 4 is 17.8 Å². The van der Waals surface area contributed by atoms with Crippen molar-refractivity contribution < 1.29 is 23.9 Å². The van der Waals surface area contributed by atoms with E-state index in [0.29, 0.717) is 5.56 Å². The molecule has 0 unspecified atom stereocenters. The van der Waals surface area contributed by atoms with E-state index in [2.05, 4.69) is 10.6 Å². The summed E-state index contributed by atoms with van der Waals surface area (Å²) in [4.78, 5) is 35.7. The molecule has 0 aromatic heterocycles. The highest BCUT2D eigenvalue weighted by molar-refractivity contribution is 5.90. The first-order valence-corrected chi connectivity index (χ1v) is 8.91. The standard InChI is InChI=1S/C19H25FN2O4/c1-12(23)21-16(11-13-6-5-9-15(20)10-13)18(24)22-17(19(25)26)14-7-3-2-4-8-14/h5-6,9-10,14,16-17H,2-4,7-8,11H2,1H3,(H,21,23)(H,22,24)(H,25,26)/t16-,17-/m0/s1. The normalized spacial score (nSPS) is 17.2. The predicted molar refractivity (Wildman–Crippen MR) is 93.9 cm³/mol. The lowest BCUT2D eigenvalue weighted by Gasteiger charge is -2.29. The van der Waals surface area contributed by atoms with Crippen LogP contribution in [0.15, 0.2) is 24.3 Å². The van der Waals surface area contributed by atoms with Crippen LogP contribution >= 0.6 is 0 Å². The van der Waals surface area contributed by atoms with Gasteiger partial charge in [-0.2, -0.15) is 0 Å². The molecule has 1 fully saturated rings. The minimum absolute atomic E-state index is 0.0835. The van der Waals surface area contributed by atoms with Gasteiger partial charge in [0.15, 0.2) is 0 Å². The van der Waals surface area contributed by atoms with E-state index < -0.39 is 35.7 Å². The molecule has 2 atom stereocenters. The molecular weight excluding hydrogens is 339 g/mol. The Kier molecular flexibility index (Phi) is 7.12. The van der Waals surface area contributed by atoms with Crippen LogP contribution in [0.1, 0.15) is 44.6 Å². The zero-order valence-electron chi connectivity index (χ0n) is 14.8. The Morgan fingerprint density at radius 2 is 1.88 bits per heavy atom. The Morgan fingerprint density at radius 3 is 2.46 bits per heavy atom. The Morgan fingerprint density at radius 1 is 1.19 bits per heavy atom. The van der Waals surface area contributed by atoms with Crippen LogP contribution in [0.4, 0.5) is 4.39 Å². The van der Waals surface area contributed by atoms with Gasteiger partial charge < -0.3 is 15.7 Å². The topological polar surface area (TPSA) is 95.5 Å². The summed E-state index contributed by atoms with van der Waals surface area (Å²) in [5, 5.41) is 14.6. The predicted octanol–water partition coefficient (Wildman–Crippen LogP) is 2.02. The van der Waals surface area contributed by atoms with Gasteiger partial charge in [0.05, 0.1) is 0 Å². The number of carboxylic acid groups (broad SMARTS) is 1. The summed E-state index contributed by atoms with van der Waals surface area (Å²) < 4.78 is 13.4. The molecule has 1 aromatic carbocycles. The van der Waals surface area contributed by atoms with Crippen LogP contribution in [0.25, 0.3) is 0 Å². The minimum atomic E-state index is -1.07. The summed E-state index contributed by atoms with van der Waals surface area (Å²) in [6.07, 6.45) is 4.56. The van der Waals surface area contributed by atoms with Gasteiger partial charge in [0.25, 0.3) is 0 Å². The Labute approximate surface area is 152 Å². The quantitative estimate of drug-likeness (QED) is 0.690. The Bertz CT molecular complexity index is 659. The van der Waals surface area contributed by atoms with E-state index in [1.54, 1.807) is 6.07 Å². The molecular formula is C19H25FN2O4. The molecule has 0 spiro atoms. The fourth-order valence-electron chi connectivity index (χ4n) is 3.46. The highest BCUT2D eigenvalue weighted by Gasteiger charge is 2.33. The second-order valence-electron chi connectivity index (χ2n) is 6.81. The number of nitrogens with one attached hydrogen (secondary N) is 2. The number of rotatable bonds is 7. The molecule has 0 radical (unpaired) electrons. The van der Waals surface area contributed by atoms with Gasteiger partial charge in [0.1, 0.15) is 17.9 Å². The third-order valence-electron chi connectivity index (χ3n) is 4.71. The molecule has 0 saturated heterocycles. The van der Waals surface area contributed by atoms with Gasteiger partial charge in [-0.25, -0.2) is 9.18 Å². The van der Waals surface area contributed by atoms with Crippen molar-refractivity contribution in [3.63, 3.8) is 0 Å². The number of hydrogen-bond donors (Lipinski definition) is 3. The average molecular weight is 364 g/mol. The minimum Gasteiger partial charge on any atom is -0.480 e. The Balaban J connectivity index is 2.10. The summed E-state index contributed by atoms with van der Waals surface area (Å²) in [7, 11) is 0. The van der Waals surface area contributed by atoms with Crippen molar-refractivity contribution in [2.24, 2.45) is 5.92 Å². The lowest BCUT2D eigenvalue weighted by atomic mass is 9.83. The zero-order valence-corrected chi connectivity index (χ0v) is 14.8. The molecule has 7 heteroatoms. The molecule has 2 rings (SSSR count). The number of amides is 2. The maximum atomic E-state index is 13.4. The molecule has 26 heavy (non-hydrogen) atoms. The van der Waals surface area contributed by atoms with Crippen molar-refractivity contribution in [3.8, 4) is 0 Å². The molecule has 6 nitrogen and oxygen atoms in total. The fraction of sp³-hybridized carbons (Fsp3) is 0.526. The van der Waals surface area contributed by atoms with Crippen LogP contribution in [0.5, 0.6) is 0 Å². The lowest BCUT2D eigenvalue weighted by Crippen LogP contribution is -2.54. The third-order valence-corrected chi connectivity index (χ3v) is 4.71. The van der Waals surface area contributed by atoms with E-state index in [-0.39, 0.29) is 12.3 Å². The van der Waals surface area contributed by atoms with Crippen molar-refractivity contribution in [1.29, 1.82) is 0 Å². The van der Waals surface area contributed by atoms with Gasteiger partial charge >= 0.3 is 5.97 Å². The summed E-state index contributed by atoms with van der Waals surface area (Å²) >= 11 is 0. The summed E-state index contributed by atoms with van der Waals surface area (Å²) in [6.45, 7) is 1.28. The largest absolute Gasteiger partial charge is 0.480 e. The van der Waals surface area contributed by atoms with Crippen molar-refractivity contribution in [2.75, 3.05) is 0 Å². The van der Waals surface area contributed by atoms with Crippen LogP contribution in [-0.4, -0.2) is 35.0 Å². The lowest BCUT2D eigenvalue weighted by molar-refractivity contribution is -0.144. The van der Waals surface area contributed by atoms with Gasteiger partial charge in [0, 0.05) is 13.3 Å². The van der Waals surface area contributed by atoms with Crippen molar-refractivity contribution in [2.45, 2.75) is 57.5 Å². The van der Waals surface area contributed by atoms with Gasteiger partial charge in [-0.15, -0.1) is 0 Å². The first-order valence-electron chi connectivity index (χ1n) is 8.91. The van der Waals surface area contributed by atoms with E-state index in [1.165, 1.54) is 25.1 Å². The number of hydrogen-bond acceptors (Lipinski definition) is 3. The first kappa shape index (κ1) is 19.9. The maximum Gasteiger partial charge on any atom is 0.326 e. The monoisotopic (exact) mass is 364 g/mol. The number of aliphatic carboxylic acids is 1. The van der Waals surface area contributed by atoms with Crippen LogP contribution < -0.4 is 10.6 Å². The van der Waals surface area contributed by atoms with E-state index in [0.717, 1.165) is 32.1 Å². The molecule has 0 bridgehead atoms. The molecule has 1 aromatic rings. The second-order valence-corrected chi connectivity index (χ2v) is 6.81. The smallest absolute Gasteiger partial charge is 0.326 e. The molecule has 0 aliphatic heterocycles. The summed E-state index contributed by atoms with van der Waals surface area (Å²) in [5.74, 6) is -2.60. The highest BCUT2D eigenvalue weighted by Crippen LogP contribution is 2.26. The van der Waals surface area contributed by atoms with Crippen LogP contribution in [0.3, 0.4) is 0 Å². The fourth-order valence-corrected chi connectivity index (χ4v) is 3.46. The third kappa shape index (κ3) is 5.82. The summed E-state index contributed by atoms with van der Waals surface area (Å²) in [5.41, 5.74) is 0.545. The van der Waals surface area contributed by atoms with E-state index in [4.69, 9.17) is 0 Å². The molecule has 1 aliphatic rings. The summed E-state index contributed by atoms with van der Waals surface area (Å²) in [6, 6.07) is 3.82. The molecule has 3 N–H and O–H groups in total. The first-order chi connectivity index (χ1) is 12.4. The molecule has 2 amide bonds.